The Hall–Kier alpha value is -1.12. The zero-order valence-corrected chi connectivity index (χ0v) is 12.0. The van der Waals surface area contributed by atoms with Crippen LogP contribution >= 0.6 is 11.3 Å². The molecule has 0 aliphatic rings. The van der Waals surface area contributed by atoms with Crippen molar-refractivity contribution in [1.82, 2.24) is 5.32 Å². The quantitative estimate of drug-likeness (QED) is 0.811. The summed E-state index contributed by atoms with van der Waals surface area (Å²) in [4.78, 5) is 0. The summed E-state index contributed by atoms with van der Waals surface area (Å²) in [5, 5.41) is 7.96. The summed E-state index contributed by atoms with van der Waals surface area (Å²) in [7, 11) is 0. The summed E-state index contributed by atoms with van der Waals surface area (Å²) in [5.41, 5.74) is 4.19. The van der Waals surface area contributed by atoms with E-state index >= 15 is 0 Å². The molecule has 0 bridgehead atoms. The Morgan fingerprint density at radius 2 is 2.06 bits per heavy atom. The van der Waals surface area contributed by atoms with E-state index in [0.717, 1.165) is 13.0 Å². The van der Waals surface area contributed by atoms with E-state index in [9.17, 15) is 0 Å². The SMILES string of the molecule is CCCc1cccc(C(NCC)c2ccsc2)c1. The second kappa shape index (κ2) is 6.72. The zero-order valence-electron chi connectivity index (χ0n) is 11.1. The lowest BCUT2D eigenvalue weighted by Gasteiger charge is -2.18. The average Bonchev–Trinajstić information content (AvgIpc) is 2.90. The number of nitrogens with one attached hydrogen (secondary N) is 1. The molecule has 1 aromatic carbocycles. The van der Waals surface area contributed by atoms with Gasteiger partial charge in [0.2, 0.25) is 0 Å². The van der Waals surface area contributed by atoms with Crippen LogP contribution in [-0.4, -0.2) is 6.54 Å². The van der Waals surface area contributed by atoms with Gasteiger partial charge in [-0.25, -0.2) is 0 Å². The molecule has 1 unspecified atom stereocenters. The van der Waals surface area contributed by atoms with Gasteiger partial charge in [-0.3, -0.25) is 0 Å². The average molecular weight is 259 g/mol. The highest BCUT2D eigenvalue weighted by Gasteiger charge is 2.13. The van der Waals surface area contributed by atoms with E-state index < -0.39 is 0 Å². The van der Waals surface area contributed by atoms with Crippen LogP contribution < -0.4 is 5.32 Å². The largest absolute Gasteiger partial charge is 0.307 e. The third-order valence-corrected chi connectivity index (χ3v) is 3.81. The molecule has 1 atom stereocenters. The zero-order chi connectivity index (χ0) is 12.8. The van der Waals surface area contributed by atoms with Gasteiger partial charge in [0.15, 0.2) is 0 Å². The lowest BCUT2D eigenvalue weighted by Crippen LogP contribution is -2.21. The van der Waals surface area contributed by atoms with Crippen LogP contribution in [0.5, 0.6) is 0 Å². The minimum atomic E-state index is 0.332. The van der Waals surface area contributed by atoms with Crippen LogP contribution in [0.2, 0.25) is 0 Å². The minimum Gasteiger partial charge on any atom is -0.307 e. The number of benzene rings is 1. The van der Waals surface area contributed by atoms with Gasteiger partial charge in [0, 0.05) is 0 Å². The standard InChI is InChI=1S/C16H21NS/c1-3-6-13-7-5-8-14(11-13)16(17-4-2)15-9-10-18-12-15/h5,7-12,16-17H,3-4,6H2,1-2H3. The minimum absolute atomic E-state index is 0.332. The Balaban J connectivity index is 2.27. The highest BCUT2D eigenvalue weighted by molar-refractivity contribution is 7.08. The van der Waals surface area contributed by atoms with Crippen LogP contribution in [0.15, 0.2) is 41.1 Å². The van der Waals surface area contributed by atoms with Gasteiger partial charge in [0.1, 0.15) is 0 Å². The summed E-state index contributed by atoms with van der Waals surface area (Å²) in [5.74, 6) is 0. The number of hydrogen-bond donors (Lipinski definition) is 1. The van der Waals surface area contributed by atoms with Crippen molar-refractivity contribution in [2.75, 3.05) is 6.54 Å². The first kappa shape index (κ1) is 13.3. The van der Waals surface area contributed by atoms with E-state index in [4.69, 9.17) is 0 Å². The summed E-state index contributed by atoms with van der Waals surface area (Å²) in [6.45, 7) is 5.38. The van der Waals surface area contributed by atoms with Gasteiger partial charge in [-0.1, -0.05) is 44.5 Å². The molecule has 0 aliphatic heterocycles. The van der Waals surface area contributed by atoms with Gasteiger partial charge in [-0.2, -0.15) is 11.3 Å². The molecule has 2 heteroatoms. The van der Waals surface area contributed by atoms with Crippen molar-refractivity contribution < 1.29 is 0 Å². The van der Waals surface area contributed by atoms with Crippen molar-refractivity contribution in [3.05, 3.63) is 57.8 Å². The molecule has 0 aliphatic carbocycles. The van der Waals surface area contributed by atoms with Crippen molar-refractivity contribution in [1.29, 1.82) is 0 Å². The molecule has 0 amide bonds. The summed E-state index contributed by atoms with van der Waals surface area (Å²) in [6.07, 6.45) is 2.37. The van der Waals surface area contributed by atoms with E-state index in [1.165, 1.54) is 23.1 Å². The lowest BCUT2D eigenvalue weighted by atomic mass is 9.98. The third kappa shape index (κ3) is 3.21. The molecule has 0 spiro atoms. The molecule has 96 valence electrons. The molecular formula is C16H21NS. The molecule has 1 N–H and O–H groups in total. The fourth-order valence-corrected chi connectivity index (χ4v) is 2.97. The maximum absolute atomic E-state index is 3.58. The smallest absolute Gasteiger partial charge is 0.0584 e. The predicted octanol–water partition coefficient (Wildman–Crippen LogP) is 4.40. The first-order chi connectivity index (χ1) is 8.85. The number of hydrogen-bond acceptors (Lipinski definition) is 2. The maximum atomic E-state index is 3.58. The Morgan fingerprint density at radius 3 is 2.72 bits per heavy atom. The van der Waals surface area contributed by atoms with Crippen LogP contribution in [0.1, 0.15) is 43.0 Å². The summed E-state index contributed by atoms with van der Waals surface area (Å²) < 4.78 is 0. The van der Waals surface area contributed by atoms with E-state index in [-0.39, 0.29) is 0 Å². The molecule has 0 saturated heterocycles. The van der Waals surface area contributed by atoms with E-state index in [2.05, 4.69) is 60.3 Å². The number of rotatable bonds is 6. The van der Waals surface area contributed by atoms with Gasteiger partial charge in [-0.15, -0.1) is 0 Å². The highest BCUT2D eigenvalue weighted by Crippen LogP contribution is 2.25. The fraction of sp³-hybridized carbons (Fsp3) is 0.375. The van der Waals surface area contributed by atoms with Gasteiger partial charge < -0.3 is 5.32 Å². The van der Waals surface area contributed by atoms with Gasteiger partial charge in [0.05, 0.1) is 6.04 Å². The van der Waals surface area contributed by atoms with E-state index in [1.807, 2.05) is 0 Å². The van der Waals surface area contributed by atoms with Crippen molar-refractivity contribution in [3.63, 3.8) is 0 Å². The molecule has 0 fully saturated rings. The van der Waals surface area contributed by atoms with Crippen LogP contribution in [-0.2, 0) is 6.42 Å². The molecule has 0 radical (unpaired) electrons. The second-order valence-corrected chi connectivity index (χ2v) is 5.32. The Morgan fingerprint density at radius 1 is 1.17 bits per heavy atom. The summed E-state index contributed by atoms with van der Waals surface area (Å²) >= 11 is 1.76. The Labute approximate surface area is 114 Å². The van der Waals surface area contributed by atoms with Crippen molar-refractivity contribution in [3.8, 4) is 0 Å². The van der Waals surface area contributed by atoms with Gasteiger partial charge in [-0.05, 0) is 46.5 Å². The molecule has 0 saturated carbocycles. The summed E-state index contributed by atoms with van der Waals surface area (Å²) in [6, 6.07) is 11.5. The first-order valence-corrected chi connectivity index (χ1v) is 7.63. The highest BCUT2D eigenvalue weighted by atomic mass is 32.1. The molecule has 1 aromatic heterocycles. The maximum Gasteiger partial charge on any atom is 0.0584 e. The van der Waals surface area contributed by atoms with Crippen LogP contribution in [0.4, 0.5) is 0 Å². The fourth-order valence-electron chi connectivity index (χ4n) is 2.29. The van der Waals surface area contributed by atoms with Crippen molar-refractivity contribution in [2.45, 2.75) is 32.7 Å². The third-order valence-electron chi connectivity index (χ3n) is 3.11. The normalized spacial score (nSPS) is 12.6. The predicted molar refractivity (Wildman–Crippen MR) is 80.3 cm³/mol. The van der Waals surface area contributed by atoms with Crippen LogP contribution in [0.3, 0.4) is 0 Å². The lowest BCUT2D eigenvalue weighted by molar-refractivity contribution is 0.631. The van der Waals surface area contributed by atoms with Crippen molar-refractivity contribution >= 4 is 11.3 Å². The molecule has 2 rings (SSSR count). The molecule has 18 heavy (non-hydrogen) atoms. The molecule has 1 heterocycles. The van der Waals surface area contributed by atoms with Crippen LogP contribution in [0, 0.1) is 0 Å². The Bertz CT molecular complexity index is 462. The van der Waals surface area contributed by atoms with Gasteiger partial charge >= 0.3 is 0 Å². The van der Waals surface area contributed by atoms with Crippen molar-refractivity contribution in [2.24, 2.45) is 0 Å². The first-order valence-electron chi connectivity index (χ1n) is 6.69. The molecule has 2 aromatic rings. The second-order valence-electron chi connectivity index (χ2n) is 4.54. The van der Waals surface area contributed by atoms with Gasteiger partial charge in [0.25, 0.3) is 0 Å². The number of thiophene rings is 1. The van der Waals surface area contributed by atoms with E-state index in [0.29, 0.717) is 6.04 Å². The molecular weight excluding hydrogens is 238 g/mol. The van der Waals surface area contributed by atoms with Crippen LogP contribution in [0.25, 0.3) is 0 Å². The van der Waals surface area contributed by atoms with E-state index in [1.54, 1.807) is 11.3 Å². The molecule has 1 nitrogen and oxygen atoms in total. The monoisotopic (exact) mass is 259 g/mol. The number of aryl methyl sites for hydroxylation is 1. The topological polar surface area (TPSA) is 12.0 Å². The Kier molecular flexibility index (Phi) is 4.97.